The van der Waals surface area contributed by atoms with Crippen LogP contribution in [0, 0.1) is 0 Å². The maximum absolute atomic E-state index is 12.0. The Kier molecular flexibility index (Phi) is 5.23. The first kappa shape index (κ1) is 15.2. The summed E-state index contributed by atoms with van der Waals surface area (Å²) in [6, 6.07) is 12.0. The van der Waals surface area contributed by atoms with Crippen molar-refractivity contribution in [3.05, 3.63) is 76.4 Å². The Hall–Kier alpha value is -3.18. The largest absolute Gasteiger partial charge is 0.456 e. The molecular formula is C15H13N4O3+. The fraction of sp³-hybridized carbons (Fsp3) is 0.133. The molecule has 0 atom stereocenters. The second-order valence-electron chi connectivity index (χ2n) is 4.34. The van der Waals surface area contributed by atoms with Gasteiger partial charge in [0.25, 0.3) is 0 Å². The number of carbonyl (C=O) groups excluding carboxylic acids is 2. The lowest BCUT2D eigenvalue weighted by atomic mass is 10.1. The third-order valence-electron chi connectivity index (χ3n) is 2.87. The van der Waals surface area contributed by atoms with E-state index in [2.05, 4.69) is 10.0 Å². The lowest BCUT2D eigenvalue weighted by Crippen LogP contribution is -2.37. The highest BCUT2D eigenvalue weighted by Crippen LogP contribution is 2.01. The number of carbonyl (C=O) groups is 2. The number of ketones is 1. The SMILES string of the molecule is [N-]=[N+]=NCOC(=O)c1cc[n+](CC(=O)c2ccccc2)cc1. The van der Waals surface area contributed by atoms with Crippen molar-refractivity contribution in [2.45, 2.75) is 6.54 Å². The number of hydrogen-bond acceptors (Lipinski definition) is 4. The Morgan fingerprint density at radius 1 is 1.09 bits per heavy atom. The van der Waals surface area contributed by atoms with Crippen molar-refractivity contribution in [3.63, 3.8) is 0 Å². The zero-order chi connectivity index (χ0) is 15.8. The van der Waals surface area contributed by atoms with Crippen molar-refractivity contribution >= 4 is 11.8 Å². The quantitative estimate of drug-likeness (QED) is 0.204. The molecule has 0 aliphatic rings. The van der Waals surface area contributed by atoms with Crippen LogP contribution in [0.2, 0.25) is 0 Å². The molecule has 0 amide bonds. The van der Waals surface area contributed by atoms with E-state index in [0.29, 0.717) is 11.1 Å². The van der Waals surface area contributed by atoms with Crippen LogP contribution < -0.4 is 4.57 Å². The molecule has 2 rings (SSSR count). The number of esters is 1. The summed E-state index contributed by atoms with van der Waals surface area (Å²) in [5.74, 6) is -0.613. The number of rotatable bonds is 6. The summed E-state index contributed by atoms with van der Waals surface area (Å²) in [5.41, 5.74) is 9.04. The third kappa shape index (κ3) is 4.16. The highest BCUT2D eigenvalue weighted by Gasteiger charge is 2.13. The molecule has 7 heteroatoms. The van der Waals surface area contributed by atoms with E-state index in [9.17, 15) is 9.59 Å². The molecule has 22 heavy (non-hydrogen) atoms. The molecule has 2 aromatic rings. The smallest absolute Gasteiger partial charge is 0.338 e. The van der Waals surface area contributed by atoms with Crippen LogP contribution in [0.5, 0.6) is 0 Å². The van der Waals surface area contributed by atoms with Crippen molar-refractivity contribution < 1.29 is 18.9 Å². The number of ether oxygens (including phenoxy) is 1. The van der Waals surface area contributed by atoms with Gasteiger partial charge in [0, 0.05) is 22.6 Å². The van der Waals surface area contributed by atoms with E-state index in [0.717, 1.165) is 0 Å². The lowest BCUT2D eigenvalue weighted by molar-refractivity contribution is -0.683. The van der Waals surface area contributed by atoms with Gasteiger partial charge < -0.3 is 4.74 Å². The molecular weight excluding hydrogens is 284 g/mol. The molecule has 1 aromatic carbocycles. The molecule has 0 spiro atoms. The van der Waals surface area contributed by atoms with Gasteiger partial charge in [0.2, 0.25) is 12.3 Å². The van der Waals surface area contributed by atoms with Gasteiger partial charge in [0.05, 0.1) is 5.56 Å². The van der Waals surface area contributed by atoms with Crippen molar-refractivity contribution in [1.29, 1.82) is 0 Å². The minimum atomic E-state index is -0.589. The highest BCUT2D eigenvalue weighted by atomic mass is 16.5. The highest BCUT2D eigenvalue weighted by molar-refractivity contribution is 5.95. The Bertz CT molecular complexity index is 707. The number of benzene rings is 1. The zero-order valence-electron chi connectivity index (χ0n) is 11.6. The molecule has 0 unspecified atom stereocenters. The van der Waals surface area contributed by atoms with Gasteiger partial charge in [-0.2, -0.15) is 4.57 Å². The fourth-order valence-corrected chi connectivity index (χ4v) is 1.78. The summed E-state index contributed by atoms with van der Waals surface area (Å²) < 4.78 is 6.39. The minimum Gasteiger partial charge on any atom is -0.456 e. The van der Waals surface area contributed by atoms with Gasteiger partial charge in [0.15, 0.2) is 19.1 Å². The average Bonchev–Trinajstić information content (AvgIpc) is 2.56. The molecule has 7 nitrogen and oxygen atoms in total. The van der Waals surface area contributed by atoms with E-state index in [1.165, 1.54) is 12.1 Å². The molecule has 0 aliphatic heterocycles. The first-order chi connectivity index (χ1) is 10.7. The number of aromatic nitrogens is 1. The summed E-state index contributed by atoms with van der Waals surface area (Å²) in [5, 5.41) is 3.12. The van der Waals surface area contributed by atoms with E-state index in [1.807, 2.05) is 6.07 Å². The predicted octanol–water partition coefficient (Wildman–Crippen LogP) is 2.28. The van der Waals surface area contributed by atoms with Crippen LogP contribution in [0.1, 0.15) is 20.7 Å². The Morgan fingerprint density at radius 3 is 2.41 bits per heavy atom. The van der Waals surface area contributed by atoms with Crippen LogP contribution in [0.25, 0.3) is 10.4 Å². The Balaban J connectivity index is 1.98. The van der Waals surface area contributed by atoms with E-state index < -0.39 is 5.97 Å². The molecule has 110 valence electrons. The molecule has 0 saturated carbocycles. The number of pyridine rings is 1. The summed E-state index contributed by atoms with van der Waals surface area (Å²) in [6.07, 6.45) is 3.23. The van der Waals surface area contributed by atoms with Crippen molar-refractivity contribution in [1.82, 2.24) is 0 Å². The minimum absolute atomic E-state index is 0.0238. The third-order valence-corrected chi connectivity index (χ3v) is 2.87. The number of azide groups is 1. The maximum Gasteiger partial charge on any atom is 0.338 e. The monoisotopic (exact) mass is 297 g/mol. The van der Waals surface area contributed by atoms with Gasteiger partial charge in [-0.05, 0) is 5.53 Å². The van der Waals surface area contributed by atoms with Gasteiger partial charge in [0.1, 0.15) is 0 Å². The molecule has 0 aliphatic carbocycles. The zero-order valence-corrected chi connectivity index (χ0v) is 11.6. The average molecular weight is 297 g/mol. The van der Waals surface area contributed by atoms with Gasteiger partial charge in [-0.1, -0.05) is 35.4 Å². The van der Waals surface area contributed by atoms with Gasteiger partial charge in [-0.25, -0.2) is 4.79 Å². The molecule has 1 aromatic heterocycles. The maximum atomic E-state index is 12.0. The van der Waals surface area contributed by atoms with Crippen LogP contribution >= 0.6 is 0 Å². The number of Topliss-reactive ketones (excluding diaryl/α,β-unsaturated/α-hetero) is 1. The molecule has 0 radical (unpaired) electrons. The second-order valence-corrected chi connectivity index (χ2v) is 4.34. The normalized spacial score (nSPS) is 9.64. The second kappa shape index (κ2) is 7.56. The van der Waals surface area contributed by atoms with Crippen LogP contribution in [0.3, 0.4) is 0 Å². The number of nitrogens with zero attached hydrogens (tertiary/aromatic N) is 4. The summed E-state index contributed by atoms with van der Waals surface area (Å²) in [6.45, 7) is -0.172. The van der Waals surface area contributed by atoms with E-state index in [-0.39, 0.29) is 19.1 Å². The van der Waals surface area contributed by atoms with Crippen LogP contribution in [0.4, 0.5) is 0 Å². The first-order valence-electron chi connectivity index (χ1n) is 6.46. The first-order valence-corrected chi connectivity index (χ1v) is 6.46. The molecule has 0 fully saturated rings. The van der Waals surface area contributed by atoms with Gasteiger partial charge in [-0.3, -0.25) is 4.79 Å². The molecule has 0 N–H and O–H groups in total. The van der Waals surface area contributed by atoms with Gasteiger partial charge >= 0.3 is 5.97 Å². The Morgan fingerprint density at radius 2 is 1.77 bits per heavy atom. The van der Waals surface area contributed by atoms with Crippen LogP contribution in [0.15, 0.2) is 60.0 Å². The van der Waals surface area contributed by atoms with E-state index in [1.54, 1.807) is 41.2 Å². The van der Waals surface area contributed by atoms with Gasteiger partial charge in [-0.15, -0.1) is 0 Å². The fourth-order valence-electron chi connectivity index (χ4n) is 1.78. The van der Waals surface area contributed by atoms with Crippen molar-refractivity contribution in [3.8, 4) is 0 Å². The number of hydrogen-bond donors (Lipinski definition) is 0. The lowest BCUT2D eigenvalue weighted by Gasteiger charge is -2.01. The molecule has 0 saturated heterocycles. The predicted molar refractivity (Wildman–Crippen MR) is 76.8 cm³/mol. The van der Waals surface area contributed by atoms with E-state index in [4.69, 9.17) is 10.3 Å². The molecule has 1 heterocycles. The summed E-state index contributed by atoms with van der Waals surface area (Å²) in [7, 11) is 0. The topological polar surface area (TPSA) is 96.0 Å². The van der Waals surface area contributed by atoms with E-state index >= 15 is 0 Å². The van der Waals surface area contributed by atoms with Crippen LogP contribution in [-0.4, -0.2) is 18.5 Å². The molecule has 0 bridgehead atoms. The standard InChI is InChI=1S/C15H13N4O3/c16-18-17-11-22-15(21)13-6-8-19(9-7-13)10-14(20)12-4-2-1-3-5-12/h1-9H,10-11H2/q+1. The van der Waals surface area contributed by atoms with Crippen LogP contribution in [-0.2, 0) is 11.3 Å². The van der Waals surface area contributed by atoms with Crippen molar-refractivity contribution in [2.24, 2.45) is 5.11 Å². The Labute approximate surface area is 126 Å². The van der Waals surface area contributed by atoms with Crippen molar-refractivity contribution in [2.75, 3.05) is 6.73 Å². The summed E-state index contributed by atoms with van der Waals surface area (Å²) >= 11 is 0. The summed E-state index contributed by atoms with van der Waals surface area (Å²) in [4.78, 5) is 26.1.